The van der Waals surface area contributed by atoms with E-state index in [0.717, 1.165) is 19.2 Å². The molecule has 3 heterocycles. The Morgan fingerprint density at radius 2 is 1.35 bits per heavy atom. The number of methoxy groups -OCH3 is 1. The van der Waals surface area contributed by atoms with Gasteiger partial charge in [0.05, 0.1) is 66.0 Å². The quantitative estimate of drug-likeness (QED) is 0.119. The number of hydrogen-bond acceptors (Lipinski definition) is 18. The van der Waals surface area contributed by atoms with E-state index in [1.54, 1.807) is 27.7 Å². The highest BCUT2D eigenvalue weighted by atomic mass is 16.7. The molecule has 0 amide bonds. The molecule has 2 aromatic carbocycles. The molecule has 330 valence electrons. The summed E-state index contributed by atoms with van der Waals surface area (Å²) in [5.74, 6) is -5.94. The van der Waals surface area contributed by atoms with Crippen LogP contribution < -0.4 is 0 Å². The smallest absolute Gasteiger partial charge is 0.316 e. The fraction of sp³-hybridized carbons (Fsp3) is 0.643. The molecule has 60 heavy (non-hydrogen) atoms. The van der Waals surface area contributed by atoms with Crippen LogP contribution in [0.3, 0.4) is 0 Å². The summed E-state index contributed by atoms with van der Waals surface area (Å²) >= 11 is 0. The van der Waals surface area contributed by atoms with Gasteiger partial charge in [0.2, 0.25) is 5.78 Å². The third kappa shape index (κ3) is 7.70. The molecular weight excluding hydrogens is 790 g/mol. The van der Waals surface area contributed by atoms with Gasteiger partial charge in [0.1, 0.15) is 41.5 Å². The summed E-state index contributed by atoms with van der Waals surface area (Å²) in [7, 11) is 4.82. The number of benzene rings is 2. The first-order chi connectivity index (χ1) is 28.3. The molecule has 15 atom stereocenters. The zero-order valence-electron chi connectivity index (χ0n) is 34.5. The predicted octanol–water partition coefficient (Wildman–Crippen LogP) is 1.63. The van der Waals surface area contributed by atoms with Crippen LogP contribution in [0.5, 0.6) is 17.2 Å². The number of phenolic OH excluding ortho intramolecular Hbond substituents is 3. The minimum atomic E-state index is -1.82. The molecule has 2 aliphatic carbocycles. The Bertz CT molecular complexity index is 1970. The van der Waals surface area contributed by atoms with E-state index in [4.69, 9.17) is 33.2 Å². The van der Waals surface area contributed by atoms with Gasteiger partial charge in [-0.05, 0) is 65.0 Å². The van der Waals surface area contributed by atoms with Gasteiger partial charge >= 0.3 is 5.97 Å². The SMILES string of the molecule is CC[C@@]1(O)C[C@H](O[C@H]2C[C@@H](N(C)C)[C@H](O[C@H]3C[C@@H](O)[C@H](O[C@H]4C[C@H](O)[C@H](O)[C@@H](C)O4)[C@@H](C)O3)[C@@H](C)O2)c2c(cc3c(c2O)C(=O)c2c(O)ccc(O)c2C3=O)[C@@H]1C(=O)OC. The first kappa shape index (κ1) is 44.3. The number of rotatable bonds is 9. The van der Waals surface area contributed by atoms with Crippen molar-refractivity contribution in [2.75, 3.05) is 21.2 Å². The summed E-state index contributed by atoms with van der Waals surface area (Å²) in [6.07, 6.45) is -10.5. The van der Waals surface area contributed by atoms with Crippen molar-refractivity contribution in [3.63, 3.8) is 0 Å². The minimum Gasteiger partial charge on any atom is -0.507 e. The highest BCUT2D eigenvalue weighted by molar-refractivity contribution is 6.31. The van der Waals surface area contributed by atoms with Crippen LogP contribution in [0.25, 0.3) is 0 Å². The molecule has 2 aromatic rings. The van der Waals surface area contributed by atoms with E-state index in [2.05, 4.69) is 0 Å². The van der Waals surface area contributed by atoms with E-state index in [9.17, 15) is 50.1 Å². The van der Waals surface area contributed by atoms with Crippen molar-refractivity contribution in [2.24, 2.45) is 0 Å². The van der Waals surface area contributed by atoms with Crippen LogP contribution in [0.1, 0.15) is 115 Å². The number of likely N-dealkylation sites (N-methyl/N-ethyl adjacent to an activating group) is 1. The van der Waals surface area contributed by atoms with E-state index < -0.39 is 137 Å². The molecule has 0 unspecified atom stereocenters. The average molecular weight is 846 g/mol. The predicted molar refractivity (Wildman–Crippen MR) is 205 cm³/mol. The molecule has 3 fully saturated rings. The van der Waals surface area contributed by atoms with Crippen LogP contribution in [-0.2, 0) is 38.0 Å². The van der Waals surface area contributed by atoms with Gasteiger partial charge in [-0.15, -0.1) is 0 Å². The first-order valence-corrected chi connectivity index (χ1v) is 20.3. The van der Waals surface area contributed by atoms with Gasteiger partial charge in [-0.25, -0.2) is 0 Å². The minimum absolute atomic E-state index is 0.0140. The molecule has 0 saturated carbocycles. The number of ketones is 2. The zero-order chi connectivity index (χ0) is 43.7. The normalized spacial score (nSPS) is 37.9. The van der Waals surface area contributed by atoms with Gasteiger partial charge in [0.15, 0.2) is 24.7 Å². The van der Waals surface area contributed by atoms with Gasteiger partial charge in [-0.1, -0.05) is 6.92 Å². The zero-order valence-corrected chi connectivity index (χ0v) is 34.5. The second kappa shape index (κ2) is 16.8. The standard InChI is InChI=1S/C42H55NO17/c1-8-42(53)15-26(30-19(34(42)41(52)54-7)11-20-31(37(30)50)38(51)33-23(45)10-9-22(44)32(33)36(20)49)58-27-12-21(43(5)6)39(17(3)56-27)59-29-14-25(47)40(18(4)57-29)60-28-13-24(46)35(48)16(2)55-28/h9-11,16-18,21,24-29,34-35,39-40,44-48,50,53H,8,12-15H2,1-7H3/t16-,17-,18-,21-,24+,25-,26+,27+,28+,29+,34-,35-,39-,40-,42-/m1/s1. The third-order valence-electron chi connectivity index (χ3n) is 12.8. The number of nitrogens with zero attached hydrogens (tertiary/aromatic N) is 1. The lowest BCUT2D eigenvalue weighted by molar-refractivity contribution is -0.332. The number of hydrogen-bond donors (Lipinski definition) is 7. The van der Waals surface area contributed by atoms with Crippen LogP contribution in [0.15, 0.2) is 18.2 Å². The molecule has 0 radical (unpaired) electrons. The van der Waals surface area contributed by atoms with Crippen LogP contribution in [0, 0.1) is 0 Å². The highest BCUT2D eigenvalue weighted by Crippen LogP contribution is 2.54. The number of ether oxygens (including phenoxy) is 7. The topological polar surface area (TPSA) is 261 Å². The summed E-state index contributed by atoms with van der Waals surface area (Å²) in [5.41, 5.74) is -3.64. The summed E-state index contributed by atoms with van der Waals surface area (Å²) < 4.78 is 42.5. The Kier molecular flexibility index (Phi) is 12.4. The maximum absolute atomic E-state index is 14.0. The number of esters is 1. The van der Waals surface area contributed by atoms with Gasteiger partial charge < -0.3 is 73.8 Å². The largest absolute Gasteiger partial charge is 0.507 e. The number of aliphatic hydroxyl groups excluding tert-OH is 3. The van der Waals surface area contributed by atoms with Gasteiger partial charge in [-0.2, -0.15) is 0 Å². The summed E-state index contributed by atoms with van der Waals surface area (Å²) in [6, 6.07) is 2.97. The summed E-state index contributed by atoms with van der Waals surface area (Å²) in [4.78, 5) is 43.2. The van der Waals surface area contributed by atoms with E-state index in [1.165, 1.54) is 6.07 Å². The number of fused-ring (bicyclic) bond motifs is 3. The maximum Gasteiger partial charge on any atom is 0.316 e. The van der Waals surface area contributed by atoms with Crippen molar-refractivity contribution < 1.29 is 83.3 Å². The average Bonchev–Trinajstić information content (AvgIpc) is 3.18. The molecule has 5 aliphatic rings. The van der Waals surface area contributed by atoms with E-state index in [0.29, 0.717) is 0 Å². The maximum atomic E-state index is 14.0. The van der Waals surface area contributed by atoms with Crippen molar-refractivity contribution in [3.05, 3.63) is 51.6 Å². The van der Waals surface area contributed by atoms with Gasteiger partial charge in [0.25, 0.3) is 0 Å². The van der Waals surface area contributed by atoms with Crippen molar-refractivity contribution in [2.45, 2.75) is 151 Å². The highest BCUT2D eigenvalue weighted by Gasteiger charge is 2.54. The summed E-state index contributed by atoms with van der Waals surface area (Å²) in [5, 5.41) is 76.8. The number of carbonyl (C=O) groups excluding carboxylic acids is 3. The lowest BCUT2D eigenvalue weighted by Gasteiger charge is -2.48. The lowest BCUT2D eigenvalue weighted by atomic mass is 9.67. The monoisotopic (exact) mass is 845 g/mol. The van der Waals surface area contributed by atoms with Crippen molar-refractivity contribution in [1.82, 2.24) is 4.90 Å². The Balaban J connectivity index is 1.14. The Morgan fingerprint density at radius 3 is 1.92 bits per heavy atom. The van der Waals surface area contributed by atoms with Crippen LogP contribution in [0.4, 0.5) is 0 Å². The van der Waals surface area contributed by atoms with Crippen LogP contribution in [0.2, 0.25) is 0 Å². The van der Waals surface area contributed by atoms with Crippen molar-refractivity contribution in [3.8, 4) is 17.2 Å². The Labute approximate surface area is 346 Å². The summed E-state index contributed by atoms with van der Waals surface area (Å²) in [6.45, 7) is 6.77. The van der Waals surface area contributed by atoms with Gasteiger partial charge in [0, 0.05) is 42.9 Å². The number of aliphatic hydroxyl groups is 4. The fourth-order valence-corrected chi connectivity index (χ4v) is 9.51. The molecule has 3 aliphatic heterocycles. The van der Waals surface area contributed by atoms with E-state index >= 15 is 0 Å². The van der Waals surface area contributed by atoms with Crippen molar-refractivity contribution in [1.29, 1.82) is 0 Å². The van der Waals surface area contributed by atoms with E-state index in [1.807, 2.05) is 19.0 Å². The molecule has 7 N–H and O–H groups in total. The molecular formula is C42H55NO17. The molecule has 0 aromatic heterocycles. The Hall–Kier alpha value is -3.79. The third-order valence-corrected chi connectivity index (χ3v) is 12.8. The van der Waals surface area contributed by atoms with Crippen LogP contribution >= 0.6 is 0 Å². The molecule has 18 nitrogen and oxygen atoms in total. The lowest BCUT2D eigenvalue weighted by Crippen LogP contribution is -2.58. The van der Waals surface area contributed by atoms with Gasteiger partial charge in [-0.3, -0.25) is 14.4 Å². The van der Waals surface area contributed by atoms with Crippen molar-refractivity contribution >= 4 is 17.5 Å². The molecule has 3 saturated heterocycles. The molecule has 7 rings (SSSR count). The van der Waals surface area contributed by atoms with Crippen LogP contribution in [-0.4, -0.2) is 159 Å². The number of aromatic hydroxyl groups is 3. The molecule has 18 heteroatoms. The fourth-order valence-electron chi connectivity index (χ4n) is 9.51. The Morgan fingerprint density at radius 1 is 0.800 bits per heavy atom. The first-order valence-electron chi connectivity index (χ1n) is 20.3. The molecule has 0 spiro atoms. The molecule has 0 bridgehead atoms. The van der Waals surface area contributed by atoms with E-state index in [-0.39, 0.29) is 54.8 Å². The number of phenols is 3. The second-order valence-corrected chi connectivity index (χ2v) is 16.8. The second-order valence-electron chi connectivity index (χ2n) is 16.8. The number of carbonyl (C=O) groups is 3.